The van der Waals surface area contributed by atoms with Crippen molar-refractivity contribution in [2.45, 2.75) is 0 Å². The van der Waals surface area contributed by atoms with Crippen LogP contribution in [-0.2, 0) is 7.05 Å². The van der Waals surface area contributed by atoms with Crippen LogP contribution < -0.4 is 14.8 Å². The molecular formula is C15H17N3O3. The fourth-order valence-corrected chi connectivity index (χ4v) is 1.75. The van der Waals surface area contributed by atoms with E-state index in [1.54, 1.807) is 48.3 Å². The molecule has 110 valence electrons. The summed E-state index contributed by atoms with van der Waals surface area (Å²) in [7, 11) is 3.31. The molecule has 2 rings (SSSR count). The Kier molecular flexibility index (Phi) is 4.61. The van der Waals surface area contributed by atoms with Crippen molar-refractivity contribution in [3.05, 3.63) is 48.7 Å². The van der Waals surface area contributed by atoms with Crippen molar-refractivity contribution < 1.29 is 14.3 Å². The largest absolute Gasteiger partial charge is 0.493 e. The number of benzene rings is 1. The van der Waals surface area contributed by atoms with Crippen LogP contribution in [0.5, 0.6) is 11.5 Å². The van der Waals surface area contributed by atoms with E-state index >= 15 is 0 Å². The Balaban J connectivity index is 2.15. The van der Waals surface area contributed by atoms with E-state index in [4.69, 9.17) is 9.47 Å². The molecule has 0 saturated heterocycles. The predicted octanol–water partition coefficient (Wildman–Crippen LogP) is 2.25. The zero-order chi connectivity index (χ0) is 15.2. The van der Waals surface area contributed by atoms with Crippen LogP contribution in [0.25, 0.3) is 0 Å². The summed E-state index contributed by atoms with van der Waals surface area (Å²) >= 11 is 0. The van der Waals surface area contributed by atoms with Gasteiger partial charge < -0.3 is 14.8 Å². The van der Waals surface area contributed by atoms with Crippen LogP contribution in [0.15, 0.2) is 43.1 Å². The summed E-state index contributed by atoms with van der Waals surface area (Å²) < 4.78 is 12.3. The van der Waals surface area contributed by atoms with Gasteiger partial charge in [0.2, 0.25) is 0 Å². The Labute approximate surface area is 123 Å². The van der Waals surface area contributed by atoms with Crippen LogP contribution >= 0.6 is 0 Å². The van der Waals surface area contributed by atoms with E-state index in [9.17, 15) is 4.79 Å². The van der Waals surface area contributed by atoms with Crippen molar-refractivity contribution in [3.63, 3.8) is 0 Å². The van der Waals surface area contributed by atoms with E-state index in [1.165, 1.54) is 7.11 Å². The first kappa shape index (κ1) is 14.6. The lowest BCUT2D eigenvalue weighted by Gasteiger charge is -2.10. The molecule has 1 aromatic heterocycles. The third-order valence-corrected chi connectivity index (χ3v) is 2.74. The summed E-state index contributed by atoms with van der Waals surface area (Å²) in [6, 6.07) is 6.70. The average molecular weight is 287 g/mol. The molecule has 0 aliphatic heterocycles. The summed E-state index contributed by atoms with van der Waals surface area (Å²) in [4.78, 5) is 12.1. The molecule has 0 aliphatic rings. The number of amides is 1. The lowest BCUT2D eigenvalue weighted by molar-refractivity contribution is 0.102. The summed E-state index contributed by atoms with van der Waals surface area (Å²) in [6.07, 6.45) is 3.39. The van der Waals surface area contributed by atoms with Crippen molar-refractivity contribution in [1.29, 1.82) is 0 Å². The Morgan fingerprint density at radius 3 is 2.86 bits per heavy atom. The highest BCUT2D eigenvalue weighted by Gasteiger charge is 2.12. The van der Waals surface area contributed by atoms with E-state index in [2.05, 4.69) is 17.0 Å². The molecule has 0 radical (unpaired) electrons. The average Bonchev–Trinajstić information content (AvgIpc) is 2.90. The first-order chi connectivity index (χ1) is 10.1. The molecule has 6 nitrogen and oxygen atoms in total. The van der Waals surface area contributed by atoms with Gasteiger partial charge in [-0.3, -0.25) is 9.48 Å². The molecule has 0 unspecified atom stereocenters. The Bertz CT molecular complexity index is 649. The number of nitrogens with zero attached hydrogens (tertiary/aromatic N) is 2. The number of aryl methyl sites for hydroxylation is 1. The van der Waals surface area contributed by atoms with Crippen LogP contribution in [0.3, 0.4) is 0 Å². The number of aromatic nitrogens is 2. The van der Waals surface area contributed by atoms with Crippen LogP contribution in [0, 0.1) is 0 Å². The zero-order valence-corrected chi connectivity index (χ0v) is 12.0. The lowest BCUT2D eigenvalue weighted by atomic mass is 10.2. The predicted molar refractivity (Wildman–Crippen MR) is 79.8 cm³/mol. The quantitative estimate of drug-likeness (QED) is 0.828. The van der Waals surface area contributed by atoms with Gasteiger partial charge in [0.15, 0.2) is 17.3 Å². The van der Waals surface area contributed by atoms with Gasteiger partial charge in [0, 0.05) is 24.9 Å². The number of carbonyl (C=O) groups is 1. The van der Waals surface area contributed by atoms with Crippen LogP contribution in [0.1, 0.15) is 10.4 Å². The topological polar surface area (TPSA) is 65.4 Å². The van der Waals surface area contributed by atoms with Gasteiger partial charge >= 0.3 is 0 Å². The second-order valence-electron chi connectivity index (χ2n) is 4.29. The molecule has 0 fully saturated rings. The summed E-state index contributed by atoms with van der Waals surface area (Å²) in [5.41, 5.74) is 0.462. The molecule has 1 amide bonds. The minimum atomic E-state index is -0.262. The van der Waals surface area contributed by atoms with E-state index < -0.39 is 0 Å². The Morgan fingerprint density at radius 2 is 2.24 bits per heavy atom. The van der Waals surface area contributed by atoms with E-state index in [0.29, 0.717) is 29.5 Å². The maximum Gasteiger partial charge on any atom is 0.257 e. The summed E-state index contributed by atoms with van der Waals surface area (Å²) in [5.74, 6) is 1.29. The van der Waals surface area contributed by atoms with E-state index in [0.717, 1.165) is 0 Å². The highest BCUT2D eigenvalue weighted by molar-refractivity contribution is 6.04. The molecule has 0 spiro atoms. The Hall–Kier alpha value is -2.76. The van der Waals surface area contributed by atoms with Gasteiger partial charge in [0.25, 0.3) is 5.91 Å². The molecule has 1 heterocycles. The molecule has 2 aromatic rings. The van der Waals surface area contributed by atoms with E-state index in [1.807, 2.05) is 0 Å². The van der Waals surface area contributed by atoms with Crippen molar-refractivity contribution in [2.75, 3.05) is 19.0 Å². The van der Waals surface area contributed by atoms with Crippen LogP contribution in [0.4, 0.5) is 5.82 Å². The first-order valence-corrected chi connectivity index (χ1v) is 6.36. The number of anilines is 1. The SMILES string of the molecule is C=CCOc1ccc(C(=O)Nc2ccn(C)n2)cc1OC. The molecular weight excluding hydrogens is 270 g/mol. The minimum absolute atomic E-state index is 0.262. The number of rotatable bonds is 6. The smallest absolute Gasteiger partial charge is 0.257 e. The Morgan fingerprint density at radius 1 is 1.43 bits per heavy atom. The fourth-order valence-electron chi connectivity index (χ4n) is 1.75. The molecule has 0 atom stereocenters. The molecule has 0 aliphatic carbocycles. The molecule has 1 aromatic carbocycles. The van der Waals surface area contributed by atoms with E-state index in [-0.39, 0.29) is 5.91 Å². The number of methoxy groups -OCH3 is 1. The van der Waals surface area contributed by atoms with Gasteiger partial charge in [-0.05, 0) is 18.2 Å². The number of nitrogens with one attached hydrogen (secondary N) is 1. The van der Waals surface area contributed by atoms with Crippen LogP contribution in [-0.4, -0.2) is 29.4 Å². The van der Waals surface area contributed by atoms with Gasteiger partial charge in [-0.2, -0.15) is 5.10 Å². The third-order valence-electron chi connectivity index (χ3n) is 2.74. The van der Waals surface area contributed by atoms with Gasteiger partial charge in [-0.1, -0.05) is 12.7 Å². The van der Waals surface area contributed by atoms with Crippen LogP contribution in [0.2, 0.25) is 0 Å². The van der Waals surface area contributed by atoms with Crippen molar-refractivity contribution in [1.82, 2.24) is 9.78 Å². The summed E-state index contributed by atoms with van der Waals surface area (Å²) in [6.45, 7) is 3.96. The highest BCUT2D eigenvalue weighted by Crippen LogP contribution is 2.28. The van der Waals surface area contributed by atoms with Crippen molar-refractivity contribution in [2.24, 2.45) is 7.05 Å². The molecule has 0 saturated carbocycles. The number of ether oxygens (including phenoxy) is 2. The zero-order valence-electron chi connectivity index (χ0n) is 12.0. The van der Waals surface area contributed by atoms with Gasteiger partial charge in [0.05, 0.1) is 7.11 Å². The third kappa shape index (κ3) is 3.62. The van der Waals surface area contributed by atoms with Gasteiger partial charge in [0.1, 0.15) is 6.61 Å². The number of hydrogen-bond acceptors (Lipinski definition) is 4. The molecule has 1 N–H and O–H groups in total. The minimum Gasteiger partial charge on any atom is -0.493 e. The van der Waals surface area contributed by atoms with Gasteiger partial charge in [-0.25, -0.2) is 0 Å². The highest BCUT2D eigenvalue weighted by atomic mass is 16.5. The molecule has 0 bridgehead atoms. The first-order valence-electron chi connectivity index (χ1n) is 6.36. The maximum atomic E-state index is 12.1. The fraction of sp³-hybridized carbons (Fsp3) is 0.200. The standard InChI is InChI=1S/C15H17N3O3/c1-4-9-21-12-6-5-11(10-13(12)20-3)15(19)16-14-7-8-18(2)17-14/h4-8,10H,1,9H2,2-3H3,(H,16,17,19). The maximum absolute atomic E-state index is 12.1. The monoisotopic (exact) mass is 287 g/mol. The summed E-state index contributed by atoms with van der Waals surface area (Å²) in [5, 5.41) is 6.80. The van der Waals surface area contributed by atoms with Crippen molar-refractivity contribution >= 4 is 11.7 Å². The number of carbonyl (C=O) groups excluding carboxylic acids is 1. The van der Waals surface area contributed by atoms with Gasteiger partial charge in [-0.15, -0.1) is 0 Å². The van der Waals surface area contributed by atoms with Crippen molar-refractivity contribution in [3.8, 4) is 11.5 Å². The number of hydrogen-bond donors (Lipinski definition) is 1. The second-order valence-corrected chi connectivity index (χ2v) is 4.29. The normalized spacial score (nSPS) is 10.0. The molecule has 21 heavy (non-hydrogen) atoms. The lowest BCUT2D eigenvalue weighted by Crippen LogP contribution is -2.13. The molecule has 6 heteroatoms. The second kappa shape index (κ2) is 6.60.